The van der Waals surface area contributed by atoms with Gasteiger partial charge >= 0.3 is 0 Å². The third kappa shape index (κ3) is 4.40. The maximum Gasteiger partial charge on any atom is 0.0934 e. The molecule has 0 bridgehead atoms. The van der Waals surface area contributed by atoms with Crippen LogP contribution in [0.3, 0.4) is 0 Å². The molecule has 9 heavy (non-hydrogen) atoms. The molecule has 0 fully saturated rings. The summed E-state index contributed by atoms with van der Waals surface area (Å²) in [6, 6.07) is 0. The summed E-state index contributed by atoms with van der Waals surface area (Å²) >= 11 is 0. The topological polar surface area (TPSA) is 12.0 Å². The van der Waals surface area contributed by atoms with Crippen molar-refractivity contribution < 1.29 is 4.39 Å². The van der Waals surface area contributed by atoms with Gasteiger partial charge in [-0.25, -0.2) is 0 Å². The van der Waals surface area contributed by atoms with Crippen molar-refractivity contribution in [2.75, 3.05) is 19.8 Å². The van der Waals surface area contributed by atoms with Gasteiger partial charge in [0.1, 0.15) is 0 Å². The first-order valence-electron chi connectivity index (χ1n) is 3.61. The standard InChI is InChI=1S/C7H16FN/c1-3-7(5-8)6-9-4-2/h7,9H,3-6H2,1-2H3. The predicted molar refractivity (Wildman–Crippen MR) is 38.3 cm³/mol. The molecule has 0 aliphatic heterocycles. The molecule has 0 radical (unpaired) electrons. The fourth-order valence-corrected chi connectivity index (χ4v) is 0.656. The lowest BCUT2D eigenvalue weighted by Gasteiger charge is -2.09. The quantitative estimate of drug-likeness (QED) is 0.600. The summed E-state index contributed by atoms with van der Waals surface area (Å²) in [5.74, 6) is 0.227. The molecule has 0 saturated carbocycles. The average molecular weight is 133 g/mol. The van der Waals surface area contributed by atoms with E-state index in [0.29, 0.717) is 0 Å². The van der Waals surface area contributed by atoms with Crippen molar-refractivity contribution in [3.63, 3.8) is 0 Å². The number of halogens is 1. The van der Waals surface area contributed by atoms with Gasteiger partial charge in [0.2, 0.25) is 0 Å². The molecular formula is C7H16FN. The molecule has 1 atom stereocenters. The largest absolute Gasteiger partial charge is 0.317 e. The lowest BCUT2D eigenvalue weighted by Crippen LogP contribution is -2.23. The second-order valence-corrected chi connectivity index (χ2v) is 2.24. The monoisotopic (exact) mass is 133 g/mol. The summed E-state index contributed by atoms with van der Waals surface area (Å²) in [4.78, 5) is 0. The van der Waals surface area contributed by atoms with Crippen molar-refractivity contribution in [2.24, 2.45) is 5.92 Å². The van der Waals surface area contributed by atoms with Crippen LogP contribution < -0.4 is 5.32 Å². The molecule has 0 aromatic carbocycles. The Morgan fingerprint density at radius 2 is 2.11 bits per heavy atom. The first-order chi connectivity index (χ1) is 4.35. The Balaban J connectivity index is 3.09. The van der Waals surface area contributed by atoms with Crippen LogP contribution in [0.25, 0.3) is 0 Å². The molecule has 0 rings (SSSR count). The molecule has 0 aromatic heterocycles. The molecule has 1 unspecified atom stereocenters. The van der Waals surface area contributed by atoms with Crippen LogP contribution in [-0.2, 0) is 0 Å². The molecule has 0 spiro atoms. The molecule has 0 aliphatic carbocycles. The van der Waals surface area contributed by atoms with E-state index < -0.39 is 0 Å². The van der Waals surface area contributed by atoms with Gasteiger partial charge < -0.3 is 5.32 Å². The maximum absolute atomic E-state index is 11.9. The molecule has 56 valence electrons. The third-order valence-electron chi connectivity index (χ3n) is 1.48. The molecule has 1 N–H and O–H groups in total. The van der Waals surface area contributed by atoms with Crippen molar-refractivity contribution in [2.45, 2.75) is 20.3 Å². The van der Waals surface area contributed by atoms with Gasteiger partial charge in [0, 0.05) is 6.54 Å². The predicted octanol–water partition coefficient (Wildman–Crippen LogP) is 1.59. The Labute approximate surface area is 56.6 Å². The molecule has 0 aromatic rings. The van der Waals surface area contributed by atoms with E-state index in [2.05, 4.69) is 5.32 Å². The van der Waals surface area contributed by atoms with Crippen LogP contribution >= 0.6 is 0 Å². The van der Waals surface area contributed by atoms with Crippen LogP contribution in [0, 0.1) is 5.92 Å². The second kappa shape index (κ2) is 6.02. The van der Waals surface area contributed by atoms with Crippen molar-refractivity contribution in [3.05, 3.63) is 0 Å². The molecule has 0 amide bonds. The zero-order chi connectivity index (χ0) is 7.11. The molecule has 1 nitrogen and oxygen atoms in total. The van der Waals surface area contributed by atoms with Crippen molar-refractivity contribution in [1.82, 2.24) is 5.32 Å². The van der Waals surface area contributed by atoms with Gasteiger partial charge in [-0.2, -0.15) is 0 Å². The van der Waals surface area contributed by atoms with Crippen LogP contribution in [-0.4, -0.2) is 19.8 Å². The van der Waals surface area contributed by atoms with Gasteiger partial charge in [-0.1, -0.05) is 13.8 Å². The number of rotatable bonds is 5. The van der Waals surface area contributed by atoms with Gasteiger partial charge in [-0.15, -0.1) is 0 Å². The van der Waals surface area contributed by atoms with Crippen LogP contribution in [0.4, 0.5) is 4.39 Å². The number of nitrogens with one attached hydrogen (secondary N) is 1. The molecule has 2 heteroatoms. The van der Waals surface area contributed by atoms with Gasteiger partial charge in [0.25, 0.3) is 0 Å². The smallest absolute Gasteiger partial charge is 0.0934 e. The van der Waals surface area contributed by atoms with Gasteiger partial charge in [0.15, 0.2) is 0 Å². The normalized spacial score (nSPS) is 13.7. The van der Waals surface area contributed by atoms with Gasteiger partial charge in [-0.05, 0) is 18.9 Å². The molecule has 0 saturated heterocycles. The highest BCUT2D eigenvalue weighted by molar-refractivity contribution is 4.57. The van der Waals surface area contributed by atoms with E-state index in [1.54, 1.807) is 0 Å². The summed E-state index contributed by atoms with van der Waals surface area (Å²) in [7, 11) is 0. The van der Waals surface area contributed by atoms with Crippen molar-refractivity contribution in [1.29, 1.82) is 0 Å². The zero-order valence-electron chi connectivity index (χ0n) is 6.28. The summed E-state index contributed by atoms with van der Waals surface area (Å²) in [5, 5.41) is 3.11. The molecular weight excluding hydrogens is 117 g/mol. The van der Waals surface area contributed by atoms with Crippen LogP contribution in [0.2, 0.25) is 0 Å². The Morgan fingerprint density at radius 3 is 2.44 bits per heavy atom. The first-order valence-corrected chi connectivity index (χ1v) is 3.61. The highest BCUT2D eigenvalue weighted by atomic mass is 19.1. The van der Waals surface area contributed by atoms with E-state index >= 15 is 0 Å². The fraction of sp³-hybridized carbons (Fsp3) is 1.00. The van der Waals surface area contributed by atoms with E-state index in [9.17, 15) is 4.39 Å². The Morgan fingerprint density at radius 1 is 1.44 bits per heavy atom. The third-order valence-corrected chi connectivity index (χ3v) is 1.48. The summed E-state index contributed by atoms with van der Waals surface area (Å²) < 4.78 is 11.9. The Hall–Kier alpha value is -0.110. The minimum atomic E-state index is -0.191. The van der Waals surface area contributed by atoms with Crippen LogP contribution in [0.5, 0.6) is 0 Å². The maximum atomic E-state index is 11.9. The summed E-state index contributed by atoms with van der Waals surface area (Å²) in [6.45, 7) is 5.62. The Bertz CT molecular complexity index is 52.9. The summed E-state index contributed by atoms with van der Waals surface area (Å²) in [6.07, 6.45) is 0.934. The minimum absolute atomic E-state index is 0.191. The van der Waals surface area contributed by atoms with E-state index in [1.165, 1.54) is 0 Å². The first kappa shape index (κ1) is 8.89. The Kier molecular flexibility index (Phi) is 5.94. The van der Waals surface area contributed by atoms with Gasteiger partial charge in [0.05, 0.1) is 6.67 Å². The highest BCUT2D eigenvalue weighted by Gasteiger charge is 2.02. The zero-order valence-corrected chi connectivity index (χ0v) is 6.28. The van der Waals surface area contributed by atoms with Gasteiger partial charge in [-0.3, -0.25) is 4.39 Å². The van der Waals surface area contributed by atoms with Crippen LogP contribution in [0.15, 0.2) is 0 Å². The highest BCUT2D eigenvalue weighted by Crippen LogP contribution is 1.99. The van der Waals surface area contributed by atoms with Crippen LogP contribution in [0.1, 0.15) is 20.3 Å². The van der Waals surface area contributed by atoms with E-state index in [0.717, 1.165) is 19.5 Å². The second-order valence-electron chi connectivity index (χ2n) is 2.24. The molecule has 0 heterocycles. The molecule has 0 aliphatic rings. The number of hydrogen-bond acceptors (Lipinski definition) is 1. The summed E-state index contributed by atoms with van der Waals surface area (Å²) in [5.41, 5.74) is 0. The van der Waals surface area contributed by atoms with E-state index in [-0.39, 0.29) is 12.6 Å². The lowest BCUT2D eigenvalue weighted by atomic mass is 10.1. The number of hydrogen-bond donors (Lipinski definition) is 1. The average Bonchev–Trinajstić information content (AvgIpc) is 1.91. The van der Waals surface area contributed by atoms with Crippen molar-refractivity contribution >= 4 is 0 Å². The fourth-order valence-electron chi connectivity index (χ4n) is 0.656. The minimum Gasteiger partial charge on any atom is -0.317 e. The number of alkyl halides is 1. The van der Waals surface area contributed by atoms with E-state index in [4.69, 9.17) is 0 Å². The van der Waals surface area contributed by atoms with E-state index in [1.807, 2.05) is 13.8 Å². The lowest BCUT2D eigenvalue weighted by molar-refractivity contribution is 0.341. The van der Waals surface area contributed by atoms with Crippen molar-refractivity contribution in [3.8, 4) is 0 Å². The SMILES string of the molecule is CCNCC(CC)CF.